The van der Waals surface area contributed by atoms with Crippen LogP contribution in [0.3, 0.4) is 0 Å². The summed E-state index contributed by atoms with van der Waals surface area (Å²) in [6, 6.07) is 16.9. The highest BCUT2D eigenvalue weighted by Gasteiger charge is 2.43. The van der Waals surface area contributed by atoms with Crippen molar-refractivity contribution in [3.05, 3.63) is 98.2 Å². The summed E-state index contributed by atoms with van der Waals surface area (Å²) in [5.41, 5.74) is 3.37. The third-order valence-electron chi connectivity index (χ3n) is 8.41. The highest BCUT2D eigenvalue weighted by Crippen LogP contribution is 2.38. The highest BCUT2D eigenvalue weighted by molar-refractivity contribution is 6.42. The van der Waals surface area contributed by atoms with Gasteiger partial charge in [-0.25, -0.2) is 4.39 Å². The van der Waals surface area contributed by atoms with Gasteiger partial charge in [0.25, 0.3) is 5.91 Å². The van der Waals surface area contributed by atoms with E-state index in [1.807, 2.05) is 46.2 Å². The number of rotatable bonds is 10. The van der Waals surface area contributed by atoms with E-state index in [-0.39, 0.29) is 48.9 Å². The summed E-state index contributed by atoms with van der Waals surface area (Å²) in [7, 11) is 0. The van der Waals surface area contributed by atoms with Crippen LogP contribution < -0.4 is 14.8 Å². The van der Waals surface area contributed by atoms with Crippen LogP contribution in [-0.4, -0.2) is 66.0 Å². The Bertz CT molecular complexity index is 1630. The van der Waals surface area contributed by atoms with E-state index in [0.717, 1.165) is 29.5 Å². The summed E-state index contributed by atoms with van der Waals surface area (Å²) < 4.78 is 24.9. The minimum Gasteiger partial charge on any atom is -0.490 e. The molecule has 1 aliphatic carbocycles. The molecule has 45 heavy (non-hydrogen) atoms. The molecule has 3 aromatic rings. The van der Waals surface area contributed by atoms with Crippen molar-refractivity contribution in [1.82, 2.24) is 15.1 Å². The Morgan fingerprint density at radius 2 is 1.73 bits per heavy atom. The van der Waals surface area contributed by atoms with E-state index in [9.17, 15) is 14.0 Å². The van der Waals surface area contributed by atoms with Crippen molar-refractivity contribution in [2.24, 2.45) is 0 Å². The molecule has 2 atom stereocenters. The van der Waals surface area contributed by atoms with Gasteiger partial charge < -0.3 is 24.6 Å². The number of benzene rings is 3. The highest BCUT2D eigenvalue weighted by atomic mass is 35.5. The lowest BCUT2D eigenvalue weighted by molar-refractivity contribution is -0.132. The van der Waals surface area contributed by atoms with Gasteiger partial charge in [-0.05, 0) is 66.3 Å². The summed E-state index contributed by atoms with van der Waals surface area (Å²) in [6.07, 6.45) is 2.45. The number of nitrogens with one attached hydrogen (secondary N) is 1. The molecule has 6 rings (SSSR count). The third-order valence-corrected chi connectivity index (χ3v) is 9.58. The number of ether oxygens (including phenoxy) is 2. The van der Waals surface area contributed by atoms with Gasteiger partial charge in [0.05, 0.1) is 21.1 Å². The maximum atomic E-state index is 14.5. The Hall–Kier alpha value is -3.30. The predicted octanol–water partition coefficient (Wildman–Crippen LogP) is 6.78. The maximum Gasteiger partial charge on any atom is 0.252 e. The Labute approximate surface area is 276 Å². The van der Waals surface area contributed by atoms with Gasteiger partial charge in [-0.15, -0.1) is 0 Å². The van der Waals surface area contributed by atoms with Crippen LogP contribution in [-0.2, 0) is 16.1 Å². The maximum absolute atomic E-state index is 14.5. The van der Waals surface area contributed by atoms with Gasteiger partial charge in [-0.3, -0.25) is 9.59 Å². The molecule has 1 saturated heterocycles. The summed E-state index contributed by atoms with van der Waals surface area (Å²) in [4.78, 5) is 30.6. The van der Waals surface area contributed by atoms with Crippen molar-refractivity contribution in [2.75, 3.05) is 26.3 Å². The van der Waals surface area contributed by atoms with E-state index < -0.39 is 5.82 Å². The zero-order valence-corrected chi connectivity index (χ0v) is 27.0. The summed E-state index contributed by atoms with van der Waals surface area (Å²) >= 11 is 18.9. The van der Waals surface area contributed by atoms with Gasteiger partial charge in [0.15, 0.2) is 0 Å². The molecular formula is C34H33Cl3FN3O4. The molecule has 2 aliphatic heterocycles. The fourth-order valence-corrected chi connectivity index (χ4v) is 6.59. The van der Waals surface area contributed by atoms with Crippen LogP contribution in [0.2, 0.25) is 15.1 Å². The number of amides is 2. The van der Waals surface area contributed by atoms with Gasteiger partial charge in [0.2, 0.25) is 5.91 Å². The van der Waals surface area contributed by atoms with Crippen LogP contribution in [0.4, 0.5) is 4.39 Å². The monoisotopic (exact) mass is 671 g/mol. The molecule has 1 N–H and O–H groups in total. The van der Waals surface area contributed by atoms with Crippen molar-refractivity contribution < 1.29 is 23.5 Å². The fourth-order valence-electron chi connectivity index (χ4n) is 6.04. The Kier molecular flexibility index (Phi) is 9.57. The first kappa shape index (κ1) is 31.7. The molecule has 2 bridgehead atoms. The number of nitrogens with zero attached hydrogens (tertiary/aromatic N) is 2. The van der Waals surface area contributed by atoms with E-state index in [1.54, 1.807) is 13.0 Å². The van der Waals surface area contributed by atoms with Crippen molar-refractivity contribution >= 4 is 52.2 Å². The Morgan fingerprint density at radius 1 is 0.978 bits per heavy atom. The van der Waals surface area contributed by atoms with Gasteiger partial charge >= 0.3 is 0 Å². The van der Waals surface area contributed by atoms with Gasteiger partial charge in [0.1, 0.15) is 30.5 Å². The molecule has 0 spiro atoms. The zero-order valence-electron chi connectivity index (χ0n) is 24.7. The second-order valence-electron chi connectivity index (χ2n) is 11.6. The molecule has 3 aromatic carbocycles. The Balaban J connectivity index is 1.24. The fraction of sp³-hybridized carbons (Fsp3) is 0.353. The average molecular weight is 673 g/mol. The molecule has 236 valence electrons. The molecule has 0 aromatic heterocycles. The van der Waals surface area contributed by atoms with E-state index in [2.05, 4.69) is 5.32 Å². The van der Waals surface area contributed by atoms with E-state index >= 15 is 0 Å². The number of carbonyl (C=O) groups is 2. The molecule has 3 aliphatic rings. The predicted molar refractivity (Wildman–Crippen MR) is 173 cm³/mol. The van der Waals surface area contributed by atoms with Gasteiger partial charge in [-0.2, -0.15) is 0 Å². The molecule has 1 unspecified atom stereocenters. The minimum atomic E-state index is -0.428. The van der Waals surface area contributed by atoms with Crippen molar-refractivity contribution in [2.45, 2.75) is 50.9 Å². The number of piperazine rings is 1. The van der Waals surface area contributed by atoms with Crippen molar-refractivity contribution in [3.63, 3.8) is 0 Å². The number of halogens is 4. The second-order valence-corrected chi connectivity index (χ2v) is 12.8. The SMILES string of the molecule is CC(=O)N1CC2CC(c3ccc(OCCOc4cc(F)ccc4Cl)cc3)=C(C(=O)N(Cc3cccc(Cl)c3Cl)C3CC3)[C@@H](C1)N2. The smallest absolute Gasteiger partial charge is 0.252 e. The average Bonchev–Trinajstić information content (AvgIpc) is 3.87. The molecule has 7 nitrogen and oxygen atoms in total. The van der Waals surface area contributed by atoms with Crippen LogP contribution in [0.5, 0.6) is 11.5 Å². The lowest BCUT2D eigenvalue weighted by Gasteiger charge is -2.44. The minimum absolute atomic E-state index is 0.00309. The van der Waals surface area contributed by atoms with Crippen LogP contribution in [0.1, 0.15) is 37.3 Å². The van der Waals surface area contributed by atoms with Crippen LogP contribution in [0.15, 0.2) is 66.2 Å². The van der Waals surface area contributed by atoms with E-state index in [4.69, 9.17) is 44.3 Å². The number of hydrogen-bond acceptors (Lipinski definition) is 5. The molecule has 1 saturated carbocycles. The summed E-state index contributed by atoms with van der Waals surface area (Å²) in [5, 5.41) is 4.85. The second kappa shape index (κ2) is 13.6. The number of fused-ring (bicyclic) bond motifs is 2. The third kappa shape index (κ3) is 7.25. The van der Waals surface area contributed by atoms with Crippen molar-refractivity contribution in [3.8, 4) is 11.5 Å². The van der Waals surface area contributed by atoms with Crippen molar-refractivity contribution in [1.29, 1.82) is 0 Å². The van der Waals surface area contributed by atoms with Gasteiger partial charge in [0, 0.05) is 50.3 Å². The quantitative estimate of drug-likeness (QED) is 0.241. The number of hydrogen-bond donors (Lipinski definition) is 1. The first-order valence-electron chi connectivity index (χ1n) is 15.0. The van der Waals surface area contributed by atoms with Crippen LogP contribution >= 0.6 is 34.8 Å². The topological polar surface area (TPSA) is 71.1 Å². The van der Waals surface area contributed by atoms with E-state index in [0.29, 0.717) is 52.4 Å². The summed E-state index contributed by atoms with van der Waals surface area (Å²) in [6.45, 7) is 3.34. The lowest BCUT2D eigenvalue weighted by Crippen LogP contribution is -2.61. The van der Waals surface area contributed by atoms with Gasteiger partial charge in [-0.1, -0.05) is 59.1 Å². The molecule has 2 heterocycles. The first-order chi connectivity index (χ1) is 21.7. The summed E-state index contributed by atoms with van der Waals surface area (Å²) in [5.74, 6) is 0.406. The lowest BCUT2D eigenvalue weighted by atomic mass is 9.82. The van der Waals surface area contributed by atoms with Crippen LogP contribution in [0, 0.1) is 5.82 Å². The molecule has 2 fully saturated rings. The molecule has 2 amide bonds. The molecule has 11 heteroatoms. The first-order valence-corrected chi connectivity index (χ1v) is 16.1. The standard InChI is InChI=1S/C34H33Cl3FN3O4/c1-20(42)40-18-24-16-27(21-5-10-26(11-6-21)44-13-14-45-31-15-23(38)7-12-28(31)35)32(30(19-40)39-24)34(43)41(25-8-9-25)17-22-3-2-4-29(36)33(22)37/h2-7,10-12,15,24-25,30,39H,8-9,13-14,16-19H2,1H3/t24?,30-/m1/s1. The molecule has 0 radical (unpaired) electrons. The number of carbonyl (C=O) groups excluding carboxylic acids is 2. The largest absolute Gasteiger partial charge is 0.490 e. The zero-order chi connectivity index (χ0) is 31.7. The molecular weight excluding hydrogens is 640 g/mol. The Morgan fingerprint density at radius 3 is 2.47 bits per heavy atom. The normalized spacial score (nSPS) is 19.4. The van der Waals surface area contributed by atoms with Crippen LogP contribution in [0.25, 0.3) is 5.57 Å². The van der Waals surface area contributed by atoms with E-state index in [1.165, 1.54) is 18.2 Å².